The highest BCUT2D eigenvalue weighted by atomic mass is 19.2. The molecule has 8 heteroatoms. The van der Waals surface area contributed by atoms with Crippen molar-refractivity contribution in [1.82, 2.24) is 15.1 Å². The van der Waals surface area contributed by atoms with Gasteiger partial charge in [-0.05, 0) is 62.8 Å². The minimum atomic E-state index is -1.51. The average Bonchev–Trinajstić information content (AvgIpc) is 3.09. The first-order valence-corrected chi connectivity index (χ1v) is 9.05. The Hall–Kier alpha value is -2.87. The molecule has 0 aliphatic carbocycles. The summed E-state index contributed by atoms with van der Waals surface area (Å²) >= 11 is 0. The van der Waals surface area contributed by atoms with E-state index >= 15 is 0 Å². The van der Waals surface area contributed by atoms with Crippen LogP contribution in [0.3, 0.4) is 0 Å². The fourth-order valence-electron chi connectivity index (χ4n) is 3.52. The number of benzene rings is 2. The molecule has 1 saturated heterocycles. The summed E-state index contributed by atoms with van der Waals surface area (Å²) in [5.41, 5.74) is 0.945. The number of fused-ring (bicyclic) bond motifs is 1. The quantitative estimate of drug-likeness (QED) is 0.669. The number of hydrogen-bond acceptors (Lipinski definition) is 3. The van der Waals surface area contributed by atoms with Gasteiger partial charge in [0.25, 0.3) is 0 Å². The Labute approximate surface area is 159 Å². The van der Waals surface area contributed by atoms with Crippen molar-refractivity contribution in [2.75, 3.05) is 25.5 Å². The Morgan fingerprint density at radius 3 is 2.64 bits per heavy atom. The molecule has 4 rings (SSSR count). The minimum Gasteiger partial charge on any atom is -0.308 e. The number of piperidine rings is 1. The summed E-state index contributed by atoms with van der Waals surface area (Å²) in [7, 11) is 2.02. The first-order chi connectivity index (χ1) is 13.4. The zero-order chi connectivity index (χ0) is 19.8. The fraction of sp³-hybridized carbons (Fsp3) is 0.300. The molecule has 1 aromatic heterocycles. The number of hydrogen-bond donors (Lipinski definition) is 2. The van der Waals surface area contributed by atoms with Gasteiger partial charge in [0.15, 0.2) is 23.3 Å². The summed E-state index contributed by atoms with van der Waals surface area (Å²) in [6.07, 6.45) is 1.55. The topological polar surface area (TPSA) is 61.0 Å². The number of nitrogens with zero attached hydrogens (tertiary/aromatic N) is 2. The predicted octanol–water partition coefficient (Wildman–Crippen LogP) is 3.93. The second-order valence-electron chi connectivity index (χ2n) is 7.12. The molecule has 2 heterocycles. The van der Waals surface area contributed by atoms with Crippen LogP contribution in [0.5, 0.6) is 0 Å². The van der Waals surface area contributed by atoms with Gasteiger partial charge >= 0.3 is 0 Å². The summed E-state index contributed by atoms with van der Waals surface area (Å²) in [6, 6.07) is 6.91. The summed E-state index contributed by atoms with van der Waals surface area (Å²) in [5, 5.41) is 10.4. The molecular formula is C20H19F3N4O. The number of anilines is 1. The number of likely N-dealkylation sites (tertiary alicyclic amines) is 1. The SMILES string of the molecule is CN1CCC(C(=O)Nc2n[nH]c3ccc(-c4ccc(F)c(F)c4F)cc23)CC1. The molecule has 1 fully saturated rings. The fourth-order valence-corrected chi connectivity index (χ4v) is 3.52. The van der Waals surface area contributed by atoms with Gasteiger partial charge < -0.3 is 10.2 Å². The second kappa shape index (κ2) is 7.27. The molecule has 0 atom stereocenters. The molecule has 3 aromatic rings. The van der Waals surface area contributed by atoms with Gasteiger partial charge in [0.1, 0.15) is 0 Å². The normalized spacial score (nSPS) is 15.9. The molecular weight excluding hydrogens is 369 g/mol. The predicted molar refractivity (Wildman–Crippen MR) is 100 cm³/mol. The molecule has 0 saturated carbocycles. The van der Waals surface area contributed by atoms with Crippen LogP contribution in [-0.4, -0.2) is 41.1 Å². The van der Waals surface area contributed by atoms with Gasteiger partial charge in [0, 0.05) is 16.9 Å². The van der Waals surface area contributed by atoms with Gasteiger partial charge in [0.05, 0.1) is 5.52 Å². The molecule has 28 heavy (non-hydrogen) atoms. The van der Waals surface area contributed by atoms with Crippen LogP contribution < -0.4 is 5.32 Å². The smallest absolute Gasteiger partial charge is 0.228 e. The van der Waals surface area contributed by atoms with E-state index < -0.39 is 17.5 Å². The lowest BCUT2D eigenvalue weighted by Crippen LogP contribution is -2.36. The third-order valence-corrected chi connectivity index (χ3v) is 5.24. The number of carbonyl (C=O) groups is 1. The molecule has 1 amide bonds. The van der Waals surface area contributed by atoms with Crippen molar-refractivity contribution >= 4 is 22.6 Å². The number of carbonyl (C=O) groups excluding carboxylic acids is 1. The molecule has 0 radical (unpaired) electrons. The Bertz CT molecular complexity index is 1040. The molecule has 2 N–H and O–H groups in total. The van der Waals surface area contributed by atoms with Gasteiger partial charge in [-0.3, -0.25) is 9.89 Å². The number of amides is 1. The van der Waals surface area contributed by atoms with Crippen LogP contribution in [-0.2, 0) is 4.79 Å². The summed E-state index contributed by atoms with van der Waals surface area (Å²) < 4.78 is 40.9. The molecule has 0 bridgehead atoms. The van der Waals surface area contributed by atoms with Crippen molar-refractivity contribution in [2.45, 2.75) is 12.8 Å². The lowest BCUT2D eigenvalue weighted by Gasteiger charge is -2.27. The van der Waals surface area contributed by atoms with Crippen LogP contribution in [0.15, 0.2) is 30.3 Å². The van der Waals surface area contributed by atoms with E-state index in [2.05, 4.69) is 20.4 Å². The number of H-pyrrole nitrogens is 1. The van der Waals surface area contributed by atoms with Crippen LogP contribution in [0, 0.1) is 23.4 Å². The third-order valence-electron chi connectivity index (χ3n) is 5.24. The highest BCUT2D eigenvalue weighted by Crippen LogP contribution is 2.31. The summed E-state index contributed by atoms with van der Waals surface area (Å²) in [4.78, 5) is 14.7. The van der Waals surface area contributed by atoms with Crippen molar-refractivity contribution < 1.29 is 18.0 Å². The lowest BCUT2D eigenvalue weighted by molar-refractivity contribution is -0.121. The van der Waals surface area contributed by atoms with Crippen molar-refractivity contribution in [2.24, 2.45) is 5.92 Å². The van der Waals surface area contributed by atoms with Crippen LogP contribution in [0.1, 0.15) is 12.8 Å². The maximum Gasteiger partial charge on any atom is 0.228 e. The number of halogens is 3. The largest absolute Gasteiger partial charge is 0.308 e. The molecule has 1 aliphatic heterocycles. The first-order valence-electron chi connectivity index (χ1n) is 9.05. The monoisotopic (exact) mass is 388 g/mol. The van der Waals surface area contributed by atoms with Crippen LogP contribution in [0.2, 0.25) is 0 Å². The minimum absolute atomic E-state index is 0.0606. The van der Waals surface area contributed by atoms with E-state index in [0.29, 0.717) is 22.3 Å². The Kier molecular flexibility index (Phi) is 4.80. The third kappa shape index (κ3) is 3.35. The van der Waals surface area contributed by atoms with Gasteiger partial charge in [-0.15, -0.1) is 0 Å². The first kappa shape index (κ1) is 18.5. The zero-order valence-corrected chi connectivity index (χ0v) is 15.2. The maximum atomic E-state index is 14.1. The molecule has 1 aliphatic rings. The number of aromatic amines is 1. The van der Waals surface area contributed by atoms with Crippen molar-refractivity contribution in [1.29, 1.82) is 0 Å². The van der Waals surface area contributed by atoms with Crippen LogP contribution in [0.25, 0.3) is 22.0 Å². The molecule has 0 unspecified atom stereocenters. The van der Waals surface area contributed by atoms with E-state index in [-0.39, 0.29) is 17.4 Å². The second-order valence-corrected chi connectivity index (χ2v) is 7.12. The van der Waals surface area contributed by atoms with E-state index in [1.807, 2.05) is 7.05 Å². The highest BCUT2D eigenvalue weighted by Gasteiger charge is 2.24. The average molecular weight is 388 g/mol. The van der Waals surface area contributed by atoms with E-state index in [1.54, 1.807) is 18.2 Å². The summed E-state index contributed by atoms with van der Waals surface area (Å²) in [5.74, 6) is -3.86. The van der Waals surface area contributed by atoms with Gasteiger partial charge in [0.2, 0.25) is 5.91 Å². The lowest BCUT2D eigenvalue weighted by atomic mass is 9.96. The Morgan fingerprint density at radius 1 is 1.14 bits per heavy atom. The zero-order valence-electron chi connectivity index (χ0n) is 15.2. The highest BCUT2D eigenvalue weighted by molar-refractivity contribution is 6.01. The van der Waals surface area contributed by atoms with Crippen LogP contribution >= 0.6 is 0 Å². The number of aromatic nitrogens is 2. The summed E-state index contributed by atoms with van der Waals surface area (Å²) in [6.45, 7) is 1.72. The maximum absolute atomic E-state index is 14.1. The molecule has 146 valence electrons. The molecule has 0 spiro atoms. The number of rotatable bonds is 3. The number of nitrogens with one attached hydrogen (secondary N) is 2. The Morgan fingerprint density at radius 2 is 1.89 bits per heavy atom. The molecule has 2 aromatic carbocycles. The van der Waals surface area contributed by atoms with Gasteiger partial charge in [-0.1, -0.05) is 6.07 Å². The van der Waals surface area contributed by atoms with E-state index in [0.717, 1.165) is 32.0 Å². The van der Waals surface area contributed by atoms with Crippen molar-refractivity contribution in [3.8, 4) is 11.1 Å². The van der Waals surface area contributed by atoms with E-state index in [1.165, 1.54) is 6.07 Å². The standard InChI is InChI=1S/C20H19F3N4O/c1-27-8-6-11(7-9-27)20(28)24-19-14-10-12(2-5-16(14)25-26-19)13-3-4-15(21)18(23)17(13)22/h2-5,10-11H,6-9H2,1H3,(H2,24,25,26,28). The van der Waals surface area contributed by atoms with E-state index in [4.69, 9.17) is 0 Å². The Balaban J connectivity index is 1.64. The van der Waals surface area contributed by atoms with Gasteiger partial charge in [-0.25, -0.2) is 13.2 Å². The van der Waals surface area contributed by atoms with Crippen molar-refractivity contribution in [3.63, 3.8) is 0 Å². The van der Waals surface area contributed by atoms with E-state index in [9.17, 15) is 18.0 Å². The van der Waals surface area contributed by atoms with Gasteiger partial charge in [-0.2, -0.15) is 5.10 Å². The van der Waals surface area contributed by atoms with Crippen LogP contribution in [0.4, 0.5) is 19.0 Å². The van der Waals surface area contributed by atoms with Crippen molar-refractivity contribution in [3.05, 3.63) is 47.8 Å². The molecule has 5 nitrogen and oxygen atoms in total.